The van der Waals surface area contributed by atoms with Gasteiger partial charge in [0.15, 0.2) is 6.10 Å². The van der Waals surface area contributed by atoms with Crippen molar-refractivity contribution in [2.75, 3.05) is 7.11 Å². The molecule has 1 amide bonds. The number of nitrogens with one attached hydrogen (secondary N) is 1. The van der Waals surface area contributed by atoms with Gasteiger partial charge in [-0.25, -0.2) is 0 Å². The number of aryl methyl sites for hydroxylation is 2. The number of fused-ring (bicyclic) bond motifs is 1. The summed E-state index contributed by atoms with van der Waals surface area (Å²) in [6, 6.07) is 14.1. The predicted octanol–water partition coefficient (Wildman–Crippen LogP) is 5.00. The summed E-state index contributed by atoms with van der Waals surface area (Å²) in [7, 11) is 1.65. The van der Waals surface area contributed by atoms with Crippen LogP contribution in [0.5, 0.6) is 11.5 Å². The highest BCUT2D eigenvalue weighted by Crippen LogP contribution is 2.26. The van der Waals surface area contributed by atoms with Crippen molar-refractivity contribution in [3.63, 3.8) is 0 Å². The minimum absolute atomic E-state index is 0.0420. The summed E-state index contributed by atoms with van der Waals surface area (Å²) in [5.41, 5.74) is 3.85. The summed E-state index contributed by atoms with van der Waals surface area (Å²) < 4.78 is 11.3. The molecule has 2 aromatic carbocycles. The molecule has 28 heavy (non-hydrogen) atoms. The third-order valence-electron chi connectivity index (χ3n) is 5.50. The van der Waals surface area contributed by atoms with Crippen LogP contribution in [0.15, 0.2) is 42.5 Å². The van der Waals surface area contributed by atoms with Crippen LogP contribution in [0, 0.1) is 0 Å². The van der Waals surface area contributed by atoms with Crippen molar-refractivity contribution in [1.82, 2.24) is 5.32 Å². The quantitative estimate of drug-likeness (QED) is 0.700. The van der Waals surface area contributed by atoms with Gasteiger partial charge in [-0.2, -0.15) is 0 Å². The van der Waals surface area contributed by atoms with Crippen LogP contribution in [0.25, 0.3) is 0 Å². The minimum Gasteiger partial charge on any atom is -0.497 e. The van der Waals surface area contributed by atoms with E-state index in [1.54, 1.807) is 7.11 Å². The van der Waals surface area contributed by atoms with E-state index in [-0.39, 0.29) is 11.9 Å². The summed E-state index contributed by atoms with van der Waals surface area (Å²) in [5.74, 6) is 1.54. The summed E-state index contributed by atoms with van der Waals surface area (Å²) in [4.78, 5) is 12.9. The van der Waals surface area contributed by atoms with Crippen LogP contribution in [0.3, 0.4) is 0 Å². The van der Waals surface area contributed by atoms with Crippen molar-refractivity contribution in [2.45, 2.75) is 64.5 Å². The summed E-state index contributed by atoms with van der Waals surface area (Å²) in [5, 5.41) is 3.15. The fourth-order valence-electron chi connectivity index (χ4n) is 3.79. The molecule has 1 N–H and O–H groups in total. The molecule has 4 heteroatoms. The Bertz CT molecular complexity index is 785. The molecular weight excluding hydrogens is 350 g/mol. The number of carbonyl (C=O) groups excluding carboxylic acids is 1. The lowest BCUT2D eigenvalue weighted by Crippen LogP contribution is -2.40. The lowest BCUT2D eigenvalue weighted by molar-refractivity contribution is -0.128. The number of carbonyl (C=O) groups is 1. The molecule has 3 rings (SSSR count). The highest BCUT2D eigenvalue weighted by Gasteiger charge is 2.22. The lowest BCUT2D eigenvalue weighted by atomic mass is 9.92. The summed E-state index contributed by atoms with van der Waals surface area (Å²) >= 11 is 0. The molecular formula is C24H31NO3. The third kappa shape index (κ3) is 4.86. The lowest BCUT2D eigenvalue weighted by Gasteiger charge is -2.23. The molecule has 150 valence electrons. The second-order valence-corrected chi connectivity index (χ2v) is 7.39. The van der Waals surface area contributed by atoms with Crippen LogP contribution in [0.2, 0.25) is 0 Å². The van der Waals surface area contributed by atoms with Crippen molar-refractivity contribution in [1.29, 1.82) is 0 Å². The van der Waals surface area contributed by atoms with Crippen molar-refractivity contribution in [2.24, 2.45) is 0 Å². The first kappa shape index (κ1) is 20.2. The Kier molecular flexibility index (Phi) is 6.96. The summed E-state index contributed by atoms with van der Waals surface area (Å²) in [6.07, 6.45) is 5.69. The first-order valence-electron chi connectivity index (χ1n) is 10.4. The number of ether oxygens (including phenoxy) is 2. The number of hydrogen-bond donors (Lipinski definition) is 1. The molecule has 1 aliphatic rings. The van der Waals surface area contributed by atoms with E-state index in [1.165, 1.54) is 24.0 Å². The van der Waals surface area contributed by atoms with Crippen LogP contribution in [0.4, 0.5) is 0 Å². The minimum atomic E-state index is -0.492. The second kappa shape index (κ2) is 9.63. The maximum Gasteiger partial charge on any atom is 0.261 e. The molecule has 0 fully saturated rings. The SMILES string of the molecule is CCC(Oc1ccc2c(c1)CCCC2)C(=O)NC(CC)c1ccc(OC)cc1. The second-order valence-electron chi connectivity index (χ2n) is 7.39. The smallest absolute Gasteiger partial charge is 0.261 e. The molecule has 0 aliphatic heterocycles. The van der Waals surface area contributed by atoms with Gasteiger partial charge in [0.1, 0.15) is 11.5 Å². The van der Waals surface area contributed by atoms with E-state index in [9.17, 15) is 4.79 Å². The van der Waals surface area contributed by atoms with Gasteiger partial charge in [-0.05, 0) is 79.5 Å². The van der Waals surface area contributed by atoms with Gasteiger partial charge < -0.3 is 14.8 Å². The van der Waals surface area contributed by atoms with E-state index in [0.717, 1.165) is 36.3 Å². The Morgan fingerprint density at radius 1 is 0.964 bits per heavy atom. The first-order chi connectivity index (χ1) is 13.6. The Balaban J connectivity index is 1.66. The fraction of sp³-hybridized carbons (Fsp3) is 0.458. The van der Waals surface area contributed by atoms with E-state index in [2.05, 4.69) is 24.4 Å². The standard InChI is InChI=1S/C24H31NO3/c1-4-22(18-11-13-20(27-3)14-12-18)25-24(26)23(5-2)28-21-15-10-17-8-6-7-9-19(17)16-21/h10-16,22-23H,4-9H2,1-3H3,(H,25,26). The van der Waals surface area contributed by atoms with Crippen LogP contribution < -0.4 is 14.8 Å². The van der Waals surface area contributed by atoms with Gasteiger partial charge in [0.25, 0.3) is 5.91 Å². The van der Waals surface area contributed by atoms with Gasteiger partial charge in [0, 0.05) is 0 Å². The molecule has 2 unspecified atom stereocenters. The maximum atomic E-state index is 12.9. The van der Waals surface area contributed by atoms with Crippen LogP contribution >= 0.6 is 0 Å². The predicted molar refractivity (Wildman–Crippen MR) is 112 cm³/mol. The molecule has 2 aromatic rings. The van der Waals surface area contributed by atoms with Gasteiger partial charge in [-0.3, -0.25) is 4.79 Å². The molecule has 0 radical (unpaired) electrons. The van der Waals surface area contributed by atoms with Crippen LogP contribution in [-0.2, 0) is 17.6 Å². The van der Waals surface area contributed by atoms with Crippen molar-refractivity contribution in [3.05, 3.63) is 59.2 Å². The number of methoxy groups -OCH3 is 1. The zero-order chi connectivity index (χ0) is 19.9. The zero-order valence-electron chi connectivity index (χ0n) is 17.2. The molecule has 1 aliphatic carbocycles. The Morgan fingerprint density at radius 3 is 2.29 bits per heavy atom. The van der Waals surface area contributed by atoms with Crippen LogP contribution in [-0.4, -0.2) is 19.1 Å². The monoisotopic (exact) mass is 381 g/mol. The van der Waals surface area contributed by atoms with Crippen molar-refractivity contribution >= 4 is 5.91 Å². The fourth-order valence-corrected chi connectivity index (χ4v) is 3.79. The zero-order valence-corrected chi connectivity index (χ0v) is 17.2. The highest BCUT2D eigenvalue weighted by molar-refractivity contribution is 5.81. The summed E-state index contributed by atoms with van der Waals surface area (Å²) in [6.45, 7) is 4.05. The molecule has 4 nitrogen and oxygen atoms in total. The average Bonchev–Trinajstić information content (AvgIpc) is 2.75. The number of hydrogen-bond acceptors (Lipinski definition) is 3. The van der Waals surface area contributed by atoms with Crippen LogP contribution in [0.1, 0.15) is 62.3 Å². The molecule has 0 saturated carbocycles. The number of amides is 1. The molecule has 2 atom stereocenters. The van der Waals surface area contributed by atoms with E-state index in [0.29, 0.717) is 6.42 Å². The Morgan fingerprint density at radius 2 is 1.64 bits per heavy atom. The van der Waals surface area contributed by atoms with Gasteiger partial charge in [0.05, 0.1) is 13.2 Å². The normalized spacial score (nSPS) is 15.2. The van der Waals surface area contributed by atoms with Gasteiger partial charge in [-0.15, -0.1) is 0 Å². The van der Waals surface area contributed by atoms with Gasteiger partial charge >= 0.3 is 0 Å². The van der Waals surface area contributed by atoms with E-state index in [1.807, 2.05) is 37.3 Å². The topological polar surface area (TPSA) is 47.6 Å². The van der Waals surface area contributed by atoms with E-state index in [4.69, 9.17) is 9.47 Å². The molecule has 0 aromatic heterocycles. The highest BCUT2D eigenvalue weighted by atomic mass is 16.5. The van der Waals surface area contributed by atoms with Crippen molar-refractivity contribution < 1.29 is 14.3 Å². The van der Waals surface area contributed by atoms with E-state index < -0.39 is 6.10 Å². The first-order valence-corrected chi connectivity index (χ1v) is 10.4. The molecule has 0 heterocycles. The molecule has 0 bridgehead atoms. The Labute approximate surface area is 168 Å². The average molecular weight is 382 g/mol. The molecule has 0 saturated heterocycles. The van der Waals surface area contributed by atoms with Gasteiger partial charge in [-0.1, -0.05) is 32.0 Å². The number of benzene rings is 2. The number of rotatable bonds is 8. The van der Waals surface area contributed by atoms with Gasteiger partial charge in [0.2, 0.25) is 0 Å². The molecule has 0 spiro atoms. The Hall–Kier alpha value is -2.49. The van der Waals surface area contributed by atoms with E-state index >= 15 is 0 Å². The maximum absolute atomic E-state index is 12.9. The third-order valence-corrected chi connectivity index (χ3v) is 5.50. The largest absolute Gasteiger partial charge is 0.497 e. The van der Waals surface area contributed by atoms with Crippen molar-refractivity contribution in [3.8, 4) is 11.5 Å².